The van der Waals surface area contributed by atoms with Gasteiger partial charge in [-0.25, -0.2) is 31.3 Å². The standard InChI is InChI=1S/C35H20F9NOS/c36-11-1-2-18-3-5-19(6-4-18)20-7-9-24(25(37)12-20)21-8-10-30-31(15-21)47-34(45-30)22-13-26(38)32(27(39)14-22)35(43,44)46-23-16-28(40)33(42)29(41)17-23/h3-10,12-17H,1-2,11H2. The van der Waals surface area contributed by atoms with Gasteiger partial charge >= 0.3 is 6.11 Å². The molecule has 0 amide bonds. The molecule has 5 aromatic carbocycles. The fourth-order valence-corrected chi connectivity index (χ4v) is 6.04. The third-order valence-electron chi connectivity index (χ3n) is 7.34. The summed E-state index contributed by atoms with van der Waals surface area (Å²) in [4.78, 5) is 4.32. The minimum atomic E-state index is -4.73. The highest BCUT2D eigenvalue weighted by Crippen LogP contribution is 2.40. The number of hydrogen-bond acceptors (Lipinski definition) is 3. The molecular weight excluding hydrogens is 653 g/mol. The van der Waals surface area contributed by atoms with Crippen LogP contribution >= 0.6 is 11.3 Å². The zero-order valence-electron chi connectivity index (χ0n) is 23.9. The van der Waals surface area contributed by atoms with Crippen molar-refractivity contribution in [3.05, 3.63) is 131 Å². The summed E-state index contributed by atoms with van der Waals surface area (Å²) < 4.78 is 132. The molecule has 2 nitrogen and oxygen atoms in total. The number of hydrogen-bond donors (Lipinski definition) is 0. The van der Waals surface area contributed by atoms with E-state index in [1.807, 2.05) is 24.3 Å². The van der Waals surface area contributed by atoms with Gasteiger partial charge in [0.25, 0.3) is 0 Å². The Morgan fingerprint density at radius 2 is 1.26 bits per heavy atom. The number of nitrogens with zero attached hydrogens (tertiary/aromatic N) is 1. The number of halogens is 9. The first kappa shape index (κ1) is 32.1. The Balaban J connectivity index is 1.25. The number of aryl methyl sites for hydroxylation is 1. The van der Waals surface area contributed by atoms with Crippen molar-refractivity contribution >= 4 is 21.6 Å². The summed E-state index contributed by atoms with van der Waals surface area (Å²) in [6.45, 7) is -0.401. The summed E-state index contributed by atoms with van der Waals surface area (Å²) >= 11 is 0.982. The number of thiazole rings is 1. The van der Waals surface area contributed by atoms with Gasteiger partial charge in [0.05, 0.1) is 16.9 Å². The van der Waals surface area contributed by atoms with Crippen molar-refractivity contribution in [1.29, 1.82) is 0 Å². The van der Waals surface area contributed by atoms with Crippen LogP contribution in [0.1, 0.15) is 17.5 Å². The van der Waals surface area contributed by atoms with E-state index in [1.165, 1.54) is 6.07 Å². The number of benzene rings is 5. The summed E-state index contributed by atoms with van der Waals surface area (Å²) in [5.41, 5.74) is 1.57. The van der Waals surface area contributed by atoms with Gasteiger partial charge in [-0.2, -0.15) is 8.78 Å². The summed E-state index contributed by atoms with van der Waals surface area (Å²) in [7, 11) is 0. The van der Waals surface area contributed by atoms with E-state index < -0.39 is 59.0 Å². The van der Waals surface area contributed by atoms with Gasteiger partial charge in [0.1, 0.15) is 33.8 Å². The summed E-state index contributed by atoms with van der Waals surface area (Å²) in [5, 5.41) is 0.0687. The van der Waals surface area contributed by atoms with Crippen molar-refractivity contribution < 1.29 is 44.3 Å². The van der Waals surface area contributed by atoms with E-state index in [0.29, 0.717) is 46.3 Å². The molecule has 47 heavy (non-hydrogen) atoms. The molecule has 0 fully saturated rings. The maximum Gasteiger partial charge on any atom is 0.432 e. The number of alkyl halides is 3. The Bertz CT molecular complexity index is 2070. The molecule has 0 unspecified atom stereocenters. The van der Waals surface area contributed by atoms with Crippen LogP contribution in [0.5, 0.6) is 5.75 Å². The van der Waals surface area contributed by atoms with Crippen LogP contribution in [-0.4, -0.2) is 11.7 Å². The predicted octanol–water partition coefficient (Wildman–Crippen LogP) is 11.2. The minimum Gasteiger partial charge on any atom is -0.429 e. The number of fused-ring (bicyclic) bond motifs is 1. The topological polar surface area (TPSA) is 22.1 Å². The summed E-state index contributed by atoms with van der Waals surface area (Å²) in [5.74, 6) is -10.8. The summed E-state index contributed by atoms with van der Waals surface area (Å²) in [6.07, 6.45) is -3.70. The molecule has 0 radical (unpaired) electrons. The van der Waals surface area contributed by atoms with E-state index >= 15 is 4.39 Å². The van der Waals surface area contributed by atoms with Crippen molar-refractivity contribution in [1.82, 2.24) is 4.98 Å². The minimum absolute atomic E-state index is 0.0687. The van der Waals surface area contributed by atoms with Crippen LogP contribution in [0.4, 0.5) is 39.5 Å². The molecule has 0 aliphatic carbocycles. The van der Waals surface area contributed by atoms with Crippen LogP contribution in [0.2, 0.25) is 0 Å². The molecule has 0 aliphatic heterocycles. The highest BCUT2D eigenvalue weighted by molar-refractivity contribution is 7.21. The first-order valence-electron chi connectivity index (χ1n) is 14.0. The third-order valence-corrected chi connectivity index (χ3v) is 8.41. The molecule has 6 rings (SSSR count). The molecular formula is C35H20F9NOS. The maximum atomic E-state index is 15.3. The van der Waals surface area contributed by atoms with Crippen LogP contribution < -0.4 is 4.74 Å². The second-order valence-electron chi connectivity index (χ2n) is 10.5. The number of rotatable bonds is 9. The molecule has 1 aromatic heterocycles. The van der Waals surface area contributed by atoms with Crippen molar-refractivity contribution in [2.75, 3.05) is 6.67 Å². The van der Waals surface area contributed by atoms with Gasteiger partial charge in [-0.1, -0.05) is 42.5 Å². The van der Waals surface area contributed by atoms with Crippen molar-refractivity contribution in [2.24, 2.45) is 0 Å². The Hall–Kier alpha value is -4.84. The molecule has 0 aliphatic rings. The quantitative estimate of drug-likeness (QED) is 0.113. The Labute approximate surface area is 265 Å². The van der Waals surface area contributed by atoms with Gasteiger partial charge in [-0.3, -0.25) is 4.39 Å². The van der Waals surface area contributed by atoms with Crippen molar-refractivity contribution in [3.8, 4) is 38.6 Å². The zero-order chi connectivity index (χ0) is 33.5. The van der Waals surface area contributed by atoms with E-state index in [4.69, 9.17) is 0 Å². The van der Waals surface area contributed by atoms with Crippen molar-refractivity contribution in [3.63, 3.8) is 0 Å². The predicted molar refractivity (Wildman–Crippen MR) is 161 cm³/mol. The summed E-state index contributed by atoms with van der Waals surface area (Å²) in [6, 6.07) is 18.5. The molecule has 0 atom stereocenters. The second-order valence-corrected chi connectivity index (χ2v) is 11.6. The lowest BCUT2D eigenvalue weighted by molar-refractivity contribution is -0.189. The fourth-order valence-electron chi connectivity index (χ4n) is 5.04. The molecule has 0 bridgehead atoms. The molecule has 1 heterocycles. The zero-order valence-corrected chi connectivity index (χ0v) is 24.7. The Kier molecular flexibility index (Phi) is 8.71. The highest BCUT2D eigenvalue weighted by atomic mass is 32.1. The monoisotopic (exact) mass is 673 g/mol. The van der Waals surface area contributed by atoms with Gasteiger partial charge in [-0.05, 0) is 65.4 Å². The van der Waals surface area contributed by atoms with Gasteiger partial charge in [0.15, 0.2) is 17.5 Å². The molecule has 240 valence electrons. The SMILES string of the molecule is FCCCc1ccc(-c2ccc(-c3ccc4nc(-c5cc(F)c(C(F)(F)Oc6cc(F)c(F)c(F)c6)c(F)c5)sc4c3)c(F)c2)cc1. The second kappa shape index (κ2) is 12.7. The molecule has 0 saturated heterocycles. The van der Waals surface area contributed by atoms with Crippen LogP contribution in [0.25, 0.3) is 43.0 Å². The van der Waals surface area contributed by atoms with Crippen molar-refractivity contribution in [2.45, 2.75) is 19.0 Å². The van der Waals surface area contributed by atoms with Gasteiger partial charge in [0.2, 0.25) is 0 Å². The Morgan fingerprint density at radius 1 is 0.638 bits per heavy atom. The largest absolute Gasteiger partial charge is 0.432 e. The number of aromatic nitrogens is 1. The van der Waals surface area contributed by atoms with Crippen LogP contribution in [0.3, 0.4) is 0 Å². The van der Waals surface area contributed by atoms with Crippen LogP contribution in [0.15, 0.2) is 84.9 Å². The third kappa shape index (κ3) is 6.55. The van der Waals surface area contributed by atoms with Crippen LogP contribution in [0, 0.1) is 34.9 Å². The van der Waals surface area contributed by atoms with E-state index in [9.17, 15) is 35.1 Å². The van der Waals surface area contributed by atoms with E-state index in [-0.39, 0.29) is 28.3 Å². The molecule has 12 heteroatoms. The van der Waals surface area contributed by atoms with Gasteiger partial charge in [0, 0.05) is 23.3 Å². The molecule has 0 N–H and O–H groups in total. The lowest BCUT2D eigenvalue weighted by Crippen LogP contribution is -2.25. The fraction of sp³-hybridized carbons (Fsp3) is 0.114. The first-order chi connectivity index (χ1) is 22.4. The van der Waals surface area contributed by atoms with Gasteiger partial charge in [-0.15, -0.1) is 11.3 Å². The normalized spacial score (nSPS) is 11.8. The van der Waals surface area contributed by atoms with Gasteiger partial charge < -0.3 is 4.74 Å². The van der Waals surface area contributed by atoms with E-state index in [1.54, 1.807) is 30.3 Å². The van der Waals surface area contributed by atoms with E-state index in [0.717, 1.165) is 22.5 Å². The number of ether oxygens (including phenoxy) is 1. The maximum absolute atomic E-state index is 15.3. The lowest BCUT2D eigenvalue weighted by atomic mass is 9.98. The lowest BCUT2D eigenvalue weighted by Gasteiger charge is -2.20. The smallest absolute Gasteiger partial charge is 0.429 e. The average molecular weight is 674 g/mol. The molecule has 0 spiro atoms. The average Bonchev–Trinajstić information content (AvgIpc) is 3.46. The highest BCUT2D eigenvalue weighted by Gasteiger charge is 2.41. The molecule has 6 aromatic rings. The molecule has 0 saturated carbocycles. The van der Waals surface area contributed by atoms with E-state index in [2.05, 4.69) is 9.72 Å². The first-order valence-corrected chi connectivity index (χ1v) is 14.8. The Morgan fingerprint density at radius 3 is 1.89 bits per heavy atom. The van der Waals surface area contributed by atoms with Crippen LogP contribution in [-0.2, 0) is 12.5 Å².